The van der Waals surface area contributed by atoms with E-state index in [1.165, 1.54) is 64.6 Å². The summed E-state index contributed by atoms with van der Waals surface area (Å²) in [4.78, 5) is 0. The van der Waals surface area contributed by atoms with Gasteiger partial charge in [0.15, 0.2) is 0 Å². The molecule has 264 valence electrons. The van der Waals surface area contributed by atoms with Gasteiger partial charge in [0.2, 0.25) is 0 Å². The molecule has 3 aliphatic heterocycles. The maximum absolute atomic E-state index is 7.25. The monoisotopic (exact) mass is 686 g/mol. The van der Waals surface area contributed by atoms with E-state index in [2.05, 4.69) is 119 Å². The van der Waals surface area contributed by atoms with Gasteiger partial charge in [0.25, 0.3) is 0 Å². The molecule has 11 rings (SSSR count). The van der Waals surface area contributed by atoms with Crippen molar-refractivity contribution in [3.05, 3.63) is 143 Å². The number of para-hydroxylation sites is 1. The molecule has 52 heavy (non-hydrogen) atoms. The van der Waals surface area contributed by atoms with E-state index >= 15 is 0 Å². The third kappa shape index (κ3) is 4.62. The lowest BCUT2D eigenvalue weighted by molar-refractivity contribution is -0.0146. The fraction of sp³-hybridized carbons (Fsp3) is 0.417. The Kier molecular flexibility index (Phi) is 7.46. The van der Waals surface area contributed by atoms with E-state index < -0.39 is 0 Å². The maximum Gasteiger partial charge on any atom is 0.125 e. The fourth-order valence-corrected chi connectivity index (χ4v) is 11.8. The lowest BCUT2D eigenvalue weighted by atomic mass is 9.50. The number of nitrogens with zero attached hydrogens (tertiary/aromatic N) is 1. The van der Waals surface area contributed by atoms with E-state index in [1.807, 2.05) is 0 Å². The first-order chi connectivity index (χ1) is 25.8. The highest BCUT2D eigenvalue weighted by Gasteiger charge is 2.62. The lowest BCUT2D eigenvalue weighted by Gasteiger charge is -2.59. The zero-order chi connectivity index (χ0) is 34.2. The van der Waals surface area contributed by atoms with Crippen LogP contribution < -0.4 is 10.1 Å². The normalized spacial score (nSPS) is 34.2. The van der Waals surface area contributed by atoms with Crippen molar-refractivity contribution in [2.45, 2.75) is 100 Å². The van der Waals surface area contributed by atoms with Crippen molar-refractivity contribution in [1.29, 1.82) is 0 Å². The van der Waals surface area contributed by atoms with Gasteiger partial charge in [-0.15, -0.1) is 0 Å². The van der Waals surface area contributed by atoms with E-state index in [1.54, 1.807) is 5.56 Å². The van der Waals surface area contributed by atoms with Gasteiger partial charge in [-0.25, -0.2) is 0 Å². The molecule has 2 saturated heterocycles. The quantitative estimate of drug-likeness (QED) is 0.279. The number of ether oxygens (including phenoxy) is 2. The van der Waals surface area contributed by atoms with Gasteiger partial charge in [0.1, 0.15) is 23.7 Å². The van der Waals surface area contributed by atoms with Crippen LogP contribution in [0.1, 0.15) is 98.7 Å². The number of rotatable bonds is 3. The Morgan fingerprint density at radius 2 is 1.75 bits per heavy atom. The average Bonchev–Trinajstić information content (AvgIpc) is 3.56. The van der Waals surface area contributed by atoms with Gasteiger partial charge in [-0.05, 0) is 118 Å². The van der Waals surface area contributed by atoms with Crippen LogP contribution in [-0.2, 0) is 16.6 Å². The molecule has 1 N–H and O–H groups in total. The van der Waals surface area contributed by atoms with Crippen LogP contribution in [0.2, 0.25) is 0 Å². The van der Waals surface area contributed by atoms with E-state index in [0.29, 0.717) is 18.0 Å². The summed E-state index contributed by atoms with van der Waals surface area (Å²) in [7, 11) is 0. The molecule has 4 nitrogen and oxygen atoms in total. The third-order valence-electron chi connectivity index (χ3n) is 13.9. The molecule has 8 unspecified atom stereocenters. The zero-order valence-corrected chi connectivity index (χ0v) is 30.2. The Balaban J connectivity index is 1.07. The molecule has 3 aromatic rings. The molecule has 2 fully saturated rings. The van der Waals surface area contributed by atoms with Crippen molar-refractivity contribution in [3.8, 4) is 5.75 Å². The number of hydrogen-bond acceptors (Lipinski definition) is 3. The molecular weight excluding hydrogens is 637 g/mol. The predicted octanol–water partition coefficient (Wildman–Crippen LogP) is 10.7. The minimum absolute atomic E-state index is 0.00144. The van der Waals surface area contributed by atoms with Crippen LogP contribution >= 0.6 is 0 Å². The van der Waals surface area contributed by atoms with Gasteiger partial charge < -0.3 is 19.4 Å². The summed E-state index contributed by atoms with van der Waals surface area (Å²) in [6.07, 6.45) is 39.2. The summed E-state index contributed by atoms with van der Waals surface area (Å²) in [5.41, 5.74) is 9.91. The first-order valence-corrected chi connectivity index (χ1v) is 20.4. The first-order valence-electron chi connectivity index (χ1n) is 20.4. The Morgan fingerprint density at radius 3 is 2.67 bits per heavy atom. The molecule has 0 saturated carbocycles. The van der Waals surface area contributed by atoms with Crippen molar-refractivity contribution in [2.24, 2.45) is 17.8 Å². The Bertz CT molecular complexity index is 2150. The number of benzene rings is 2. The molecule has 2 aromatic carbocycles. The Morgan fingerprint density at radius 1 is 0.808 bits per heavy atom. The second-order valence-corrected chi connectivity index (χ2v) is 16.5. The van der Waals surface area contributed by atoms with Crippen LogP contribution in [-0.4, -0.2) is 23.3 Å². The van der Waals surface area contributed by atoms with Crippen LogP contribution in [0.3, 0.4) is 0 Å². The SMILES string of the molecule is C1=CC2OC3=CCCC=C3C3(c4ccc(C5CCCCN5)cc4OC4C=CC(C5=CCCc6c5n(C5CC=CCC5)c5ccccc65)CC43)C2C=C1. The number of aryl methyl sites for hydroxylation is 1. The van der Waals surface area contributed by atoms with E-state index in [0.717, 1.165) is 63.0 Å². The number of allylic oxidation sites excluding steroid dienone is 10. The van der Waals surface area contributed by atoms with Gasteiger partial charge in [-0.2, -0.15) is 0 Å². The van der Waals surface area contributed by atoms with Gasteiger partial charge in [0, 0.05) is 63.0 Å². The van der Waals surface area contributed by atoms with Crippen molar-refractivity contribution >= 4 is 16.5 Å². The van der Waals surface area contributed by atoms with Crippen molar-refractivity contribution in [1.82, 2.24) is 9.88 Å². The second-order valence-electron chi connectivity index (χ2n) is 16.5. The highest BCUT2D eigenvalue weighted by molar-refractivity contribution is 5.92. The molecule has 8 aliphatic rings. The predicted molar refractivity (Wildman–Crippen MR) is 210 cm³/mol. The average molecular weight is 687 g/mol. The Hall–Kier alpha value is -4.28. The van der Waals surface area contributed by atoms with Gasteiger partial charge >= 0.3 is 0 Å². The highest BCUT2D eigenvalue weighted by Crippen LogP contribution is 2.63. The first kappa shape index (κ1) is 31.3. The number of fused-ring (bicyclic) bond motifs is 11. The summed E-state index contributed by atoms with van der Waals surface area (Å²) < 4.78 is 16.9. The van der Waals surface area contributed by atoms with Gasteiger partial charge in [0.05, 0.1) is 0 Å². The second kappa shape index (κ2) is 12.4. The molecule has 0 radical (unpaired) electrons. The number of aromatic nitrogens is 1. The number of nitrogens with one attached hydrogen (secondary N) is 1. The smallest absolute Gasteiger partial charge is 0.125 e. The topological polar surface area (TPSA) is 35.4 Å². The maximum atomic E-state index is 7.25. The molecule has 4 heteroatoms. The van der Waals surface area contributed by atoms with Crippen molar-refractivity contribution in [2.75, 3.05) is 6.54 Å². The van der Waals surface area contributed by atoms with E-state index in [9.17, 15) is 0 Å². The summed E-state index contributed by atoms with van der Waals surface area (Å²) in [6, 6.07) is 17.4. The molecule has 4 heterocycles. The zero-order valence-electron chi connectivity index (χ0n) is 30.2. The van der Waals surface area contributed by atoms with Crippen molar-refractivity contribution < 1.29 is 9.47 Å². The lowest BCUT2D eigenvalue weighted by Crippen LogP contribution is -2.59. The highest BCUT2D eigenvalue weighted by atomic mass is 16.5. The number of hydrogen-bond donors (Lipinski definition) is 1. The van der Waals surface area contributed by atoms with E-state index in [-0.39, 0.29) is 29.5 Å². The minimum atomic E-state index is -0.255. The molecule has 1 spiro atoms. The largest absolute Gasteiger partial charge is 0.486 e. The van der Waals surface area contributed by atoms with Gasteiger partial charge in [-0.1, -0.05) is 85.4 Å². The standard InChI is InChI=1S/C48H50N2O2/c1-2-13-33(14-3-1)50-42-21-7-4-15-35(42)36-17-12-16-34(47(36)50)31-25-27-45-40(29-31)48(37-18-5-8-22-43(37)51-44-23-9-6-19-38(44)48)39-26-24-32(30-46(39)52-45)41-20-10-11-28-49-41/h1-2,4-5,7-8,15-16,18-19,21-27,30-31,33,37,40-41,43,45,49H,3,6,9-14,17,20,28-29H2. The fourth-order valence-electron chi connectivity index (χ4n) is 11.8. The van der Waals surface area contributed by atoms with Crippen LogP contribution in [0.5, 0.6) is 5.75 Å². The number of piperidine rings is 1. The van der Waals surface area contributed by atoms with E-state index in [4.69, 9.17) is 9.47 Å². The minimum Gasteiger partial charge on any atom is -0.486 e. The molecule has 1 aromatic heterocycles. The van der Waals surface area contributed by atoms with Crippen molar-refractivity contribution in [3.63, 3.8) is 0 Å². The van der Waals surface area contributed by atoms with Gasteiger partial charge in [-0.3, -0.25) is 0 Å². The van der Waals surface area contributed by atoms with Crippen LogP contribution in [0.4, 0.5) is 0 Å². The molecule has 5 aliphatic carbocycles. The third-order valence-corrected chi connectivity index (χ3v) is 13.9. The molecule has 0 amide bonds. The summed E-state index contributed by atoms with van der Waals surface area (Å²) in [5, 5.41) is 5.26. The van der Waals surface area contributed by atoms with Crippen LogP contribution in [0.15, 0.2) is 121 Å². The summed E-state index contributed by atoms with van der Waals surface area (Å²) >= 11 is 0. The van der Waals surface area contributed by atoms with Crippen LogP contribution in [0.25, 0.3) is 16.5 Å². The molecule has 0 bridgehead atoms. The molecular formula is C48H50N2O2. The summed E-state index contributed by atoms with van der Waals surface area (Å²) in [6.45, 7) is 1.09. The van der Waals surface area contributed by atoms with Crippen LogP contribution in [0, 0.1) is 17.8 Å². The molecule has 8 atom stereocenters. The summed E-state index contributed by atoms with van der Waals surface area (Å²) in [5.74, 6) is 2.95. The Labute approximate surface area is 308 Å².